The molecule has 0 radical (unpaired) electrons. The Morgan fingerprint density at radius 1 is 1.56 bits per heavy atom. The van der Waals surface area contributed by atoms with Crippen LogP contribution in [0.3, 0.4) is 0 Å². The third-order valence-corrected chi connectivity index (χ3v) is 7.18. The van der Waals surface area contributed by atoms with Gasteiger partial charge in [0.05, 0.1) is 18.2 Å². The standard InChI is InChI=1S/C15H26N4O4S2/c1-10(2)8-11(16)14(21)18-12-4-3-6-19(9-13(12)20)25(22,23)15-17-5-7-24-15/h5,7,10-13,20H,3-4,6,8-9,16H2,1-2H3,(H,18,21)/t11-,12?,13?/m0/s1. The van der Waals surface area contributed by atoms with Gasteiger partial charge in [-0.2, -0.15) is 4.31 Å². The van der Waals surface area contributed by atoms with Gasteiger partial charge >= 0.3 is 0 Å². The van der Waals surface area contributed by atoms with E-state index in [-0.39, 0.29) is 23.3 Å². The fourth-order valence-electron chi connectivity index (χ4n) is 2.85. The number of thiazole rings is 1. The first-order valence-electron chi connectivity index (χ1n) is 8.35. The summed E-state index contributed by atoms with van der Waals surface area (Å²) in [5.74, 6) is -0.0206. The van der Waals surface area contributed by atoms with Crippen molar-refractivity contribution in [3.63, 3.8) is 0 Å². The Morgan fingerprint density at radius 2 is 2.28 bits per heavy atom. The normalized spacial score (nSPS) is 24.0. The van der Waals surface area contributed by atoms with Crippen LogP contribution in [0.2, 0.25) is 0 Å². The molecule has 2 heterocycles. The van der Waals surface area contributed by atoms with Crippen LogP contribution < -0.4 is 11.1 Å². The summed E-state index contributed by atoms with van der Waals surface area (Å²) in [6.07, 6.45) is 2.02. The highest BCUT2D eigenvalue weighted by molar-refractivity contribution is 7.91. The number of nitrogens with zero attached hydrogens (tertiary/aromatic N) is 2. The average Bonchev–Trinajstić information content (AvgIpc) is 3.00. The van der Waals surface area contributed by atoms with Crippen LogP contribution in [0.5, 0.6) is 0 Å². The van der Waals surface area contributed by atoms with Gasteiger partial charge in [0.15, 0.2) is 0 Å². The number of sulfonamides is 1. The van der Waals surface area contributed by atoms with E-state index in [9.17, 15) is 18.3 Å². The first-order chi connectivity index (χ1) is 11.7. The Hall–Kier alpha value is -1.07. The molecular formula is C15H26N4O4S2. The molecule has 1 aliphatic heterocycles. The van der Waals surface area contributed by atoms with Crippen LogP contribution in [-0.4, -0.2) is 60.0 Å². The van der Waals surface area contributed by atoms with Gasteiger partial charge in [0.25, 0.3) is 10.0 Å². The second-order valence-electron chi connectivity index (χ2n) is 6.72. The number of β-amino-alcohol motifs (C(OH)–C–C–N with tert-alkyl or cyclic N) is 1. The zero-order valence-corrected chi connectivity index (χ0v) is 16.1. The molecule has 4 N–H and O–H groups in total. The largest absolute Gasteiger partial charge is 0.390 e. The predicted molar refractivity (Wildman–Crippen MR) is 95.5 cm³/mol. The van der Waals surface area contributed by atoms with Gasteiger partial charge in [-0.3, -0.25) is 4.79 Å². The minimum atomic E-state index is -3.72. The maximum absolute atomic E-state index is 12.6. The number of carbonyl (C=O) groups excluding carboxylic acids is 1. The van der Waals surface area contributed by atoms with Crippen molar-refractivity contribution in [2.24, 2.45) is 11.7 Å². The molecule has 142 valence electrons. The molecule has 1 fully saturated rings. The van der Waals surface area contributed by atoms with Gasteiger partial charge in [-0.1, -0.05) is 13.8 Å². The minimum Gasteiger partial charge on any atom is -0.390 e. The van der Waals surface area contributed by atoms with E-state index in [1.54, 1.807) is 5.38 Å². The van der Waals surface area contributed by atoms with Crippen LogP contribution in [0.15, 0.2) is 15.9 Å². The van der Waals surface area contributed by atoms with Gasteiger partial charge < -0.3 is 16.2 Å². The summed E-state index contributed by atoms with van der Waals surface area (Å²) in [5, 5.41) is 14.8. The van der Waals surface area contributed by atoms with Crippen LogP contribution in [0.25, 0.3) is 0 Å². The number of aromatic nitrogens is 1. The number of nitrogens with one attached hydrogen (secondary N) is 1. The number of aliphatic hydroxyl groups is 1. The Balaban J connectivity index is 2.01. The summed E-state index contributed by atoms with van der Waals surface area (Å²) in [5.41, 5.74) is 5.87. The van der Waals surface area contributed by atoms with E-state index in [0.717, 1.165) is 11.3 Å². The predicted octanol–water partition coefficient (Wildman–Crippen LogP) is 0.147. The summed E-state index contributed by atoms with van der Waals surface area (Å²) in [4.78, 5) is 16.0. The Morgan fingerprint density at radius 3 is 2.88 bits per heavy atom. The molecule has 2 rings (SSSR count). The smallest absolute Gasteiger partial charge is 0.270 e. The maximum Gasteiger partial charge on any atom is 0.270 e. The van der Waals surface area contributed by atoms with E-state index in [4.69, 9.17) is 5.73 Å². The van der Waals surface area contributed by atoms with Crippen LogP contribution in [-0.2, 0) is 14.8 Å². The number of rotatable bonds is 6. The molecular weight excluding hydrogens is 364 g/mol. The highest BCUT2D eigenvalue weighted by atomic mass is 32.2. The molecule has 2 unspecified atom stereocenters. The molecule has 0 aliphatic carbocycles. The van der Waals surface area contributed by atoms with Gasteiger partial charge in [-0.15, -0.1) is 11.3 Å². The van der Waals surface area contributed by atoms with E-state index >= 15 is 0 Å². The third kappa shape index (κ3) is 5.20. The van der Waals surface area contributed by atoms with E-state index in [2.05, 4.69) is 10.3 Å². The van der Waals surface area contributed by atoms with E-state index in [1.165, 1.54) is 10.5 Å². The summed E-state index contributed by atoms with van der Waals surface area (Å²) < 4.78 is 26.4. The summed E-state index contributed by atoms with van der Waals surface area (Å²) in [7, 11) is -3.72. The minimum absolute atomic E-state index is 0.0149. The molecule has 1 saturated heterocycles. The highest BCUT2D eigenvalue weighted by Crippen LogP contribution is 2.22. The first-order valence-corrected chi connectivity index (χ1v) is 10.7. The highest BCUT2D eigenvalue weighted by Gasteiger charge is 2.34. The fourth-order valence-corrected chi connectivity index (χ4v) is 5.31. The fraction of sp³-hybridized carbons (Fsp3) is 0.733. The molecule has 10 heteroatoms. The van der Waals surface area contributed by atoms with Crippen molar-refractivity contribution in [1.29, 1.82) is 0 Å². The Bertz CT molecular complexity index is 663. The van der Waals surface area contributed by atoms with E-state index in [0.29, 0.717) is 25.2 Å². The molecule has 25 heavy (non-hydrogen) atoms. The summed E-state index contributed by atoms with van der Waals surface area (Å²) in [6, 6.07) is -1.15. The number of hydrogen-bond acceptors (Lipinski definition) is 7. The molecule has 0 saturated carbocycles. The lowest BCUT2D eigenvalue weighted by Crippen LogP contribution is -2.51. The zero-order chi connectivity index (χ0) is 18.6. The van der Waals surface area contributed by atoms with Crippen LogP contribution in [0.1, 0.15) is 33.1 Å². The molecule has 0 bridgehead atoms. The Labute approximate surface area is 152 Å². The van der Waals surface area contributed by atoms with Gasteiger partial charge in [-0.25, -0.2) is 13.4 Å². The first kappa shape index (κ1) is 20.2. The molecule has 1 amide bonds. The molecule has 0 spiro atoms. The lowest BCUT2D eigenvalue weighted by atomic mass is 10.0. The van der Waals surface area contributed by atoms with Crippen molar-refractivity contribution in [2.45, 2.75) is 55.6 Å². The number of nitrogens with two attached hydrogens (primary N) is 1. The average molecular weight is 391 g/mol. The van der Waals surface area contributed by atoms with Gasteiger partial charge in [0.1, 0.15) is 0 Å². The van der Waals surface area contributed by atoms with Crippen molar-refractivity contribution in [3.8, 4) is 0 Å². The lowest BCUT2D eigenvalue weighted by molar-refractivity contribution is -0.124. The summed E-state index contributed by atoms with van der Waals surface area (Å²) in [6.45, 7) is 4.17. The molecule has 8 nitrogen and oxygen atoms in total. The SMILES string of the molecule is CC(C)C[C@H](N)C(=O)NC1CCCN(S(=O)(=O)c2nccs2)CC1O. The molecule has 1 aromatic heterocycles. The van der Waals surface area contributed by atoms with Crippen LogP contribution in [0.4, 0.5) is 0 Å². The van der Waals surface area contributed by atoms with Gasteiger partial charge in [-0.05, 0) is 25.2 Å². The number of aliphatic hydroxyl groups excluding tert-OH is 1. The van der Waals surface area contributed by atoms with Gasteiger partial charge in [0.2, 0.25) is 10.2 Å². The second-order valence-corrected chi connectivity index (χ2v) is 9.73. The molecule has 3 atom stereocenters. The molecule has 1 aromatic rings. The van der Waals surface area contributed by atoms with Crippen molar-refractivity contribution in [1.82, 2.24) is 14.6 Å². The monoisotopic (exact) mass is 390 g/mol. The maximum atomic E-state index is 12.6. The molecule has 1 aliphatic rings. The third-order valence-electron chi connectivity index (χ3n) is 4.14. The van der Waals surface area contributed by atoms with E-state index < -0.39 is 28.2 Å². The Kier molecular flexibility index (Phi) is 6.92. The summed E-state index contributed by atoms with van der Waals surface area (Å²) >= 11 is 1.04. The van der Waals surface area contributed by atoms with Crippen molar-refractivity contribution < 1.29 is 18.3 Å². The number of hydrogen-bond donors (Lipinski definition) is 3. The van der Waals surface area contributed by atoms with Crippen LogP contribution in [0, 0.1) is 5.92 Å². The number of carbonyl (C=O) groups is 1. The van der Waals surface area contributed by atoms with Crippen LogP contribution >= 0.6 is 11.3 Å². The van der Waals surface area contributed by atoms with Crippen molar-refractivity contribution >= 4 is 27.3 Å². The quantitative estimate of drug-likeness (QED) is 0.635. The number of amides is 1. The topological polar surface area (TPSA) is 126 Å². The second kappa shape index (κ2) is 8.54. The van der Waals surface area contributed by atoms with Gasteiger partial charge in [0, 0.05) is 24.7 Å². The lowest BCUT2D eigenvalue weighted by Gasteiger charge is -2.25. The zero-order valence-electron chi connectivity index (χ0n) is 14.5. The molecule has 0 aromatic carbocycles. The van der Waals surface area contributed by atoms with Crippen molar-refractivity contribution in [2.75, 3.05) is 13.1 Å². The van der Waals surface area contributed by atoms with E-state index in [1.807, 2.05) is 13.8 Å². The van der Waals surface area contributed by atoms with Crippen molar-refractivity contribution in [3.05, 3.63) is 11.6 Å².